The van der Waals surface area contributed by atoms with Gasteiger partial charge in [-0.1, -0.05) is 43.6 Å². The number of hydrogen-bond donors (Lipinski definition) is 1. The van der Waals surface area contributed by atoms with Crippen LogP contribution in [0.15, 0.2) is 48.7 Å². The lowest BCUT2D eigenvalue weighted by Gasteiger charge is -2.36. The van der Waals surface area contributed by atoms with E-state index in [0.29, 0.717) is 44.8 Å². The predicted octanol–water partition coefficient (Wildman–Crippen LogP) is 6.78. The lowest BCUT2D eigenvalue weighted by atomic mass is 9.86. The number of carbonyl (C=O) groups excluding carboxylic acids is 2. The van der Waals surface area contributed by atoms with Crippen LogP contribution in [0.2, 0.25) is 5.02 Å². The Hall–Kier alpha value is -4.17. The molecule has 0 radical (unpaired) electrons. The summed E-state index contributed by atoms with van der Waals surface area (Å²) in [4.78, 5) is 40.1. The number of benzene rings is 2. The molecule has 8 nitrogen and oxygen atoms in total. The van der Waals surface area contributed by atoms with Crippen LogP contribution in [0.4, 0.5) is 11.4 Å². The van der Waals surface area contributed by atoms with Gasteiger partial charge in [-0.15, -0.1) is 0 Å². The fourth-order valence-corrected chi connectivity index (χ4v) is 6.24. The fraction of sp³-hybridized carbons (Fsp3) is 0.312. The summed E-state index contributed by atoms with van der Waals surface area (Å²) in [6.07, 6.45) is 1.74. The molecule has 2 aromatic carbocycles. The van der Waals surface area contributed by atoms with Crippen molar-refractivity contribution >= 4 is 34.8 Å². The molecule has 4 heterocycles. The molecule has 1 atom stereocenters. The van der Waals surface area contributed by atoms with Gasteiger partial charge in [0, 0.05) is 40.3 Å². The van der Waals surface area contributed by atoms with Crippen molar-refractivity contribution in [2.24, 2.45) is 0 Å². The standard InChI is InChI=1S/C32H32ClN5O3/c1-16(2)23-14-26(41-7)21(15-34-23)29-36-27-28(37(29)17(3)4)32(22-11-8-18(5)12-24(22)35-31(32)40)38(30(27)39)25-13-20(33)10-9-19(25)6/h8-17H,1-7H3,(H,35,40). The summed E-state index contributed by atoms with van der Waals surface area (Å²) >= 11 is 6.46. The number of methoxy groups -OCH3 is 1. The van der Waals surface area contributed by atoms with Gasteiger partial charge in [0.2, 0.25) is 0 Å². The van der Waals surface area contributed by atoms with Crippen molar-refractivity contribution in [3.63, 3.8) is 0 Å². The van der Waals surface area contributed by atoms with Gasteiger partial charge in [-0.25, -0.2) is 4.98 Å². The van der Waals surface area contributed by atoms with E-state index < -0.39 is 5.54 Å². The number of carbonyl (C=O) groups is 2. The van der Waals surface area contributed by atoms with Gasteiger partial charge >= 0.3 is 0 Å². The minimum Gasteiger partial charge on any atom is -0.496 e. The van der Waals surface area contributed by atoms with E-state index in [1.807, 2.05) is 62.6 Å². The second kappa shape index (κ2) is 9.45. The molecule has 0 saturated carbocycles. The van der Waals surface area contributed by atoms with Crippen LogP contribution < -0.4 is 15.0 Å². The zero-order valence-electron chi connectivity index (χ0n) is 24.2. The van der Waals surface area contributed by atoms with Crippen molar-refractivity contribution in [2.75, 3.05) is 17.3 Å². The Kier molecular flexibility index (Phi) is 6.23. The number of hydrogen-bond acceptors (Lipinski definition) is 5. The van der Waals surface area contributed by atoms with E-state index in [9.17, 15) is 9.59 Å². The summed E-state index contributed by atoms with van der Waals surface area (Å²) in [5.41, 5.74) is 4.48. The Labute approximate surface area is 244 Å². The molecule has 0 bridgehead atoms. The largest absolute Gasteiger partial charge is 0.496 e. The molecule has 210 valence electrons. The van der Waals surface area contributed by atoms with E-state index in [-0.39, 0.29) is 29.5 Å². The molecule has 1 unspecified atom stereocenters. The SMILES string of the molecule is COc1cc(C(C)C)ncc1-c1nc2c(n1C(C)C)C1(C(=O)Nc3cc(C)ccc31)N(c1cc(Cl)ccc1C)C2=O. The lowest BCUT2D eigenvalue weighted by Crippen LogP contribution is -2.51. The average Bonchev–Trinajstić information content (AvgIpc) is 3.53. The summed E-state index contributed by atoms with van der Waals surface area (Å²) in [5.74, 6) is 0.631. The molecule has 2 aliphatic rings. The molecule has 2 aliphatic heterocycles. The molecule has 0 fully saturated rings. The second-order valence-corrected chi connectivity index (χ2v) is 11.8. The molecular weight excluding hydrogens is 538 g/mol. The third-order valence-electron chi connectivity index (χ3n) is 8.00. The van der Waals surface area contributed by atoms with E-state index in [0.717, 1.165) is 16.8 Å². The summed E-state index contributed by atoms with van der Waals surface area (Å²) in [7, 11) is 1.61. The molecule has 1 spiro atoms. The van der Waals surface area contributed by atoms with E-state index in [4.69, 9.17) is 21.3 Å². The summed E-state index contributed by atoms with van der Waals surface area (Å²) in [5, 5.41) is 3.55. The summed E-state index contributed by atoms with van der Waals surface area (Å²) in [6, 6.07) is 12.9. The Morgan fingerprint density at radius 3 is 2.46 bits per heavy atom. The smallest absolute Gasteiger partial charge is 0.280 e. The third-order valence-corrected chi connectivity index (χ3v) is 8.24. The highest BCUT2D eigenvalue weighted by molar-refractivity contribution is 6.31. The minimum absolute atomic E-state index is 0.164. The number of imidazole rings is 1. The number of fused-ring (bicyclic) bond motifs is 4. The number of anilines is 2. The quantitative estimate of drug-likeness (QED) is 0.286. The van der Waals surface area contributed by atoms with Gasteiger partial charge in [0.25, 0.3) is 11.8 Å². The number of nitrogens with zero attached hydrogens (tertiary/aromatic N) is 4. The van der Waals surface area contributed by atoms with Crippen LogP contribution in [0.3, 0.4) is 0 Å². The zero-order chi connectivity index (χ0) is 29.4. The van der Waals surface area contributed by atoms with Crippen LogP contribution in [0, 0.1) is 13.8 Å². The van der Waals surface area contributed by atoms with Gasteiger partial charge in [0.05, 0.1) is 24.1 Å². The highest BCUT2D eigenvalue weighted by Gasteiger charge is 2.64. The maximum absolute atomic E-state index is 14.5. The van der Waals surface area contributed by atoms with E-state index in [1.54, 1.807) is 30.3 Å². The summed E-state index contributed by atoms with van der Waals surface area (Å²) < 4.78 is 7.78. The maximum atomic E-state index is 14.5. The number of aromatic nitrogens is 3. The number of halogens is 1. The van der Waals surface area contributed by atoms with Crippen molar-refractivity contribution in [3.05, 3.63) is 87.5 Å². The van der Waals surface area contributed by atoms with Crippen molar-refractivity contribution in [3.8, 4) is 17.1 Å². The highest BCUT2D eigenvalue weighted by Crippen LogP contribution is 2.55. The van der Waals surface area contributed by atoms with Crippen LogP contribution in [-0.4, -0.2) is 33.5 Å². The number of aryl methyl sites for hydroxylation is 2. The zero-order valence-corrected chi connectivity index (χ0v) is 24.9. The van der Waals surface area contributed by atoms with E-state index in [1.165, 1.54) is 0 Å². The molecule has 2 amide bonds. The molecule has 1 N–H and O–H groups in total. The molecule has 41 heavy (non-hydrogen) atoms. The van der Waals surface area contributed by atoms with Gasteiger partial charge < -0.3 is 14.6 Å². The first-order valence-electron chi connectivity index (χ1n) is 13.7. The topological polar surface area (TPSA) is 89.3 Å². The van der Waals surface area contributed by atoms with Crippen LogP contribution in [-0.2, 0) is 10.3 Å². The normalized spacial score (nSPS) is 17.6. The van der Waals surface area contributed by atoms with Gasteiger partial charge in [-0.05, 0) is 62.9 Å². The monoisotopic (exact) mass is 569 g/mol. The summed E-state index contributed by atoms with van der Waals surface area (Å²) in [6.45, 7) is 12.0. The number of nitrogens with one attached hydrogen (secondary N) is 1. The molecule has 4 aromatic rings. The molecule has 0 aliphatic carbocycles. The van der Waals surface area contributed by atoms with Crippen molar-refractivity contribution in [1.82, 2.24) is 14.5 Å². The molecule has 0 saturated heterocycles. The highest BCUT2D eigenvalue weighted by atomic mass is 35.5. The fourth-order valence-electron chi connectivity index (χ4n) is 6.07. The van der Waals surface area contributed by atoms with Gasteiger partial charge in [-0.3, -0.25) is 19.5 Å². The third kappa shape index (κ3) is 3.73. The lowest BCUT2D eigenvalue weighted by molar-refractivity contribution is -0.119. The Balaban J connectivity index is 1.72. The van der Waals surface area contributed by atoms with Crippen molar-refractivity contribution < 1.29 is 14.3 Å². The van der Waals surface area contributed by atoms with Gasteiger partial charge in [-0.2, -0.15) is 0 Å². The Morgan fingerprint density at radius 2 is 1.78 bits per heavy atom. The molecule has 6 rings (SSSR count). The second-order valence-electron chi connectivity index (χ2n) is 11.3. The van der Waals surface area contributed by atoms with Crippen molar-refractivity contribution in [2.45, 2.75) is 59.0 Å². The van der Waals surface area contributed by atoms with Crippen LogP contribution >= 0.6 is 11.6 Å². The minimum atomic E-state index is -1.50. The maximum Gasteiger partial charge on any atom is 0.280 e. The number of amides is 2. The first-order valence-corrected chi connectivity index (χ1v) is 14.1. The molecule has 9 heteroatoms. The first kappa shape index (κ1) is 27.0. The predicted molar refractivity (Wildman–Crippen MR) is 160 cm³/mol. The van der Waals surface area contributed by atoms with Crippen LogP contribution in [0.1, 0.15) is 78.2 Å². The number of pyridine rings is 1. The van der Waals surface area contributed by atoms with Gasteiger partial charge in [0.15, 0.2) is 11.2 Å². The molecular formula is C32H32ClN5O3. The van der Waals surface area contributed by atoms with Crippen LogP contribution in [0.25, 0.3) is 11.4 Å². The number of rotatable bonds is 5. The van der Waals surface area contributed by atoms with E-state index in [2.05, 4.69) is 24.1 Å². The Morgan fingerprint density at radius 1 is 1.02 bits per heavy atom. The van der Waals surface area contributed by atoms with Crippen molar-refractivity contribution in [1.29, 1.82) is 0 Å². The molecule has 2 aromatic heterocycles. The first-order chi connectivity index (χ1) is 19.5. The van der Waals surface area contributed by atoms with E-state index >= 15 is 0 Å². The number of ether oxygens (including phenoxy) is 1. The average molecular weight is 570 g/mol. The van der Waals surface area contributed by atoms with Crippen LogP contribution in [0.5, 0.6) is 5.75 Å². The Bertz CT molecular complexity index is 1760. The van der Waals surface area contributed by atoms with Gasteiger partial charge in [0.1, 0.15) is 11.6 Å².